The first-order valence-electron chi connectivity index (χ1n) is 14.0. The van der Waals surface area contributed by atoms with Crippen molar-refractivity contribution in [2.24, 2.45) is 5.92 Å². The lowest BCUT2D eigenvalue weighted by Gasteiger charge is -2.31. The Kier molecular flexibility index (Phi) is 6.82. The van der Waals surface area contributed by atoms with E-state index in [1.807, 2.05) is 45.0 Å². The summed E-state index contributed by atoms with van der Waals surface area (Å²) in [5.41, 5.74) is -1.25. The van der Waals surface area contributed by atoms with Gasteiger partial charge in [0.2, 0.25) is 0 Å². The highest BCUT2D eigenvalue weighted by Crippen LogP contribution is 2.56. The van der Waals surface area contributed by atoms with Gasteiger partial charge in [-0.05, 0) is 93.0 Å². The Morgan fingerprint density at radius 3 is 2.38 bits per heavy atom. The first-order chi connectivity index (χ1) is 19.7. The summed E-state index contributed by atoms with van der Waals surface area (Å²) in [5.74, 6) is 0.891. The number of hydrogen-bond donors (Lipinski definition) is 1. The number of imidazole rings is 1. The number of benzene rings is 2. The third-order valence-corrected chi connectivity index (χ3v) is 9.32. The van der Waals surface area contributed by atoms with Crippen LogP contribution >= 0.6 is 0 Å². The molecule has 2 heterocycles. The van der Waals surface area contributed by atoms with E-state index in [1.54, 1.807) is 17.2 Å². The van der Waals surface area contributed by atoms with Gasteiger partial charge in [0.25, 0.3) is 0 Å². The minimum atomic E-state index is -5.76. The van der Waals surface area contributed by atoms with Crippen molar-refractivity contribution in [3.63, 3.8) is 0 Å². The van der Waals surface area contributed by atoms with E-state index in [-0.39, 0.29) is 29.7 Å². The Balaban J connectivity index is 1.25. The Hall–Kier alpha value is -3.54. The highest BCUT2D eigenvalue weighted by molar-refractivity contribution is 7.88. The molecule has 1 saturated carbocycles. The quantitative estimate of drug-likeness (QED) is 0.247. The molecule has 42 heavy (non-hydrogen) atoms. The number of carbonyl (C=O) groups excluding carboxylic acids is 1. The number of amides is 1. The number of alkyl halides is 3. The largest absolute Gasteiger partial charge is 0.534 e. The van der Waals surface area contributed by atoms with Gasteiger partial charge >= 0.3 is 21.7 Å². The van der Waals surface area contributed by atoms with Gasteiger partial charge in [-0.1, -0.05) is 30.3 Å². The van der Waals surface area contributed by atoms with Crippen molar-refractivity contribution in [2.75, 3.05) is 6.54 Å². The summed E-state index contributed by atoms with van der Waals surface area (Å²) in [6.07, 6.45) is 5.34. The highest BCUT2D eigenvalue weighted by atomic mass is 32.2. The number of H-pyrrole nitrogens is 1. The maximum Gasteiger partial charge on any atom is 0.534 e. The Morgan fingerprint density at radius 2 is 1.74 bits per heavy atom. The summed E-state index contributed by atoms with van der Waals surface area (Å²) >= 11 is 0. The maximum absolute atomic E-state index is 13.0. The number of hydrogen-bond acceptors (Lipinski definition) is 6. The molecule has 0 radical (unpaired) electrons. The van der Waals surface area contributed by atoms with Crippen molar-refractivity contribution in [1.82, 2.24) is 14.9 Å². The van der Waals surface area contributed by atoms with E-state index in [0.29, 0.717) is 24.4 Å². The van der Waals surface area contributed by atoms with Crippen molar-refractivity contribution in [3.05, 3.63) is 59.5 Å². The van der Waals surface area contributed by atoms with E-state index in [0.717, 1.165) is 53.6 Å². The fourth-order valence-electron chi connectivity index (χ4n) is 6.30. The minimum Gasteiger partial charge on any atom is -0.444 e. The van der Waals surface area contributed by atoms with Gasteiger partial charge in [0, 0.05) is 12.1 Å². The van der Waals surface area contributed by atoms with Crippen LogP contribution < -0.4 is 4.18 Å². The predicted molar refractivity (Wildman–Crippen MR) is 149 cm³/mol. The van der Waals surface area contributed by atoms with Crippen LogP contribution in [-0.4, -0.2) is 47.0 Å². The molecule has 1 aliphatic heterocycles. The molecule has 0 spiro atoms. The van der Waals surface area contributed by atoms with Gasteiger partial charge in [0.1, 0.15) is 17.2 Å². The van der Waals surface area contributed by atoms with Crippen LogP contribution in [0.4, 0.5) is 18.0 Å². The normalized spacial score (nSPS) is 22.0. The zero-order valence-corrected chi connectivity index (χ0v) is 24.3. The number of aromatic amines is 1. The van der Waals surface area contributed by atoms with Crippen LogP contribution in [0.3, 0.4) is 0 Å². The number of fused-ring (bicyclic) bond motifs is 3. The van der Waals surface area contributed by atoms with Crippen molar-refractivity contribution in [1.29, 1.82) is 0 Å². The number of aromatic nitrogens is 2. The topological polar surface area (TPSA) is 102 Å². The zero-order valence-electron chi connectivity index (χ0n) is 23.5. The molecule has 8 nitrogen and oxygen atoms in total. The molecule has 0 bridgehead atoms. The van der Waals surface area contributed by atoms with Gasteiger partial charge in [-0.15, -0.1) is 0 Å². The Morgan fingerprint density at radius 1 is 1.02 bits per heavy atom. The molecule has 1 N–H and O–H groups in total. The molecule has 3 aromatic rings. The molecule has 6 rings (SSSR count). The summed E-state index contributed by atoms with van der Waals surface area (Å²) in [6, 6.07) is 10.5. The average Bonchev–Trinajstić information content (AvgIpc) is 3.61. The number of halogens is 3. The monoisotopic (exact) mass is 603 g/mol. The number of nitrogens with one attached hydrogen (secondary N) is 1. The highest BCUT2D eigenvalue weighted by Gasteiger charge is 2.50. The van der Waals surface area contributed by atoms with Crippen LogP contribution in [0.15, 0.2) is 42.6 Å². The lowest BCUT2D eigenvalue weighted by Crippen LogP contribution is -2.36. The van der Waals surface area contributed by atoms with Gasteiger partial charge in [-0.25, -0.2) is 9.78 Å². The van der Waals surface area contributed by atoms with Crippen LogP contribution in [0.5, 0.6) is 5.75 Å². The van der Waals surface area contributed by atoms with E-state index in [2.05, 4.69) is 14.2 Å². The van der Waals surface area contributed by atoms with Crippen molar-refractivity contribution in [3.8, 4) is 28.1 Å². The van der Waals surface area contributed by atoms with Crippen molar-refractivity contribution in [2.45, 2.75) is 75.9 Å². The number of ether oxygens (including phenoxy) is 1. The third kappa shape index (κ3) is 5.14. The molecule has 1 amide bonds. The second kappa shape index (κ2) is 10.0. The van der Waals surface area contributed by atoms with E-state index in [4.69, 9.17) is 4.74 Å². The fourth-order valence-corrected chi connectivity index (χ4v) is 6.79. The standard InChI is InChI=1S/C30H32F3N3O5S/c1-29(2,3)40-28(37)36-14-4-5-24(36)27-34-16-23(35-27)18-8-6-17(7-9-18)20-12-13-25(41-42(38,39)30(31,32)33)22-15-19-10-11-21(19)26(20)22/h6-9,12-13,16,19,21,24H,4-5,10-11,14-15H2,1-3H3,(H,34,35). The van der Waals surface area contributed by atoms with Gasteiger partial charge in [0.15, 0.2) is 0 Å². The van der Waals surface area contributed by atoms with Crippen LogP contribution in [0.1, 0.15) is 75.4 Å². The number of rotatable bonds is 5. The molecule has 2 fully saturated rings. The number of carbonyl (C=O) groups is 1. The molecule has 224 valence electrons. The van der Waals surface area contributed by atoms with Crippen LogP contribution in [0, 0.1) is 5.92 Å². The molecule has 3 unspecified atom stereocenters. The van der Waals surface area contributed by atoms with E-state index in [9.17, 15) is 26.4 Å². The number of nitrogens with zero attached hydrogens (tertiary/aromatic N) is 2. The van der Waals surface area contributed by atoms with Gasteiger partial charge < -0.3 is 13.9 Å². The smallest absolute Gasteiger partial charge is 0.444 e. The fraction of sp³-hybridized carbons (Fsp3) is 0.467. The van der Waals surface area contributed by atoms with E-state index < -0.39 is 21.2 Å². The van der Waals surface area contributed by atoms with E-state index in [1.165, 1.54) is 6.07 Å². The molecular weight excluding hydrogens is 571 g/mol. The SMILES string of the molecule is CC(C)(C)OC(=O)N1CCCC1c1ncc(-c2ccc(-c3ccc(OS(=O)(=O)C(F)(F)F)c4c3C3CCC3C4)cc2)[nH]1. The summed E-state index contributed by atoms with van der Waals surface area (Å²) < 4.78 is 72.7. The van der Waals surface area contributed by atoms with Gasteiger partial charge in [-0.2, -0.15) is 21.6 Å². The second-order valence-corrected chi connectivity index (χ2v) is 13.8. The first kappa shape index (κ1) is 28.6. The molecule has 1 saturated heterocycles. The first-order valence-corrected chi connectivity index (χ1v) is 15.4. The Bertz CT molecular complexity index is 1630. The second-order valence-electron chi connectivity index (χ2n) is 12.2. The molecule has 3 aliphatic rings. The third-order valence-electron chi connectivity index (χ3n) is 8.35. The van der Waals surface area contributed by atoms with Crippen LogP contribution in [-0.2, 0) is 21.3 Å². The van der Waals surface area contributed by atoms with Crippen molar-refractivity contribution >= 4 is 16.2 Å². The molecular formula is C30H32F3N3O5S. The summed E-state index contributed by atoms with van der Waals surface area (Å²) in [7, 11) is -5.76. The molecule has 2 aromatic carbocycles. The number of likely N-dealkylation sites (tertiary alicyclic amines) is 1. The molecule has 2 aliphatic carbocycles. The van der Waals surface area contributed by atoms with Crippen LogP contribution in [0.2, 0.25) is 0 Å². The predicted octanol–water partition coefficient (Wildman–Crippen LogP) is 7.09. The minimum absolute atomic E-state index is 0.168. The van der Waals surface area contributed by atoms with Crippen molar-refractivity contribution < 1.29 is 35.3 Å². The van der Waals surface area contributed by atoms with Gasteiger partial charge in [-0.3, -0.25) is 4.90 Å². The molecule has 12 heteroatoms. The van der Waals surface area contributed by atoms with Gasteiger partial charge in [0.05, 0.1) is 17.9 Å². The Labute approximate surface area is 242 Å². The average molecular weight is 604 g/mol. The lowest BCUT2D eigenvalue weighted by atomic mass is 9.73. The van der Waals surface area contributed by atoms with E-state index >= 15 is 0 Å². The summed E-state index contributed by atoms with van der Waals surface area (Å²) in [6.45, 7) is 6.11. The van der Waals surface area contributed by atoms with Crippen LogP contribution in [0.25, 0.3) is 22.4 Å². The lowest BCUT2D eigenvalue weighted by molar-refractivity contribution is -0.0500. The summed E-state index contributed by atoms with van der Waals surface area (Å²) in [4.78, 5) is 22.4. The maximum atomic E-state index is 13.0. The molecule has 3 atom stereocenters. The summed E-state index contributed by atoms with van der Waals surface area (Å²) in [5, 5.41) is 0. The molecule has 1 aromatic heterocycles. The zero-order chi connectivity index (χ0) is 30.0.